The number of amides is 1. The summed E-state index contributed by atoms with van der Waals surface area (Å²) in [7, 11) is 0. The Kier molecular flexibility index (Phi) is 7.35. The standard InChI is InChI=1S/C26H28N6O2/c1-18-16-29-26(31-24(18)20-2-4-21(5-3-20)25(34)28-13-12-27)30-22-6-8-23(9-7-22)32-14-10-19(17-33)11-15-32/h2-9,16,19,33H,10-11,13-15,17H2,1H3,(H,28,34)(H,29,30,31). The molecule has 1 aliphatic rings. The summed E-state index contributed by atoms with van der Waals surface area (Å²) in [6.07, 6.45) is 3.81. The molecule has 34 heavy (non-hydrogen) atoms. The molecule has 174 valence electrons. The molecular formula is C26H28N6O2. The summed E-state index contributed by atoms with van der Waals surface area (Å²) in [5.41, 5.74) is 5.14. The lowest BCUT2D eigenvalue weighted by Gasteiger charge is -2.32. The molecule has 3 N–H and O–H groups in total. The quantitative estimate of drug-likeness (QED) is 0.465. The molecular weight excluding hydrogens is 428 g/mol. The van der Waals surface area contributed by atoms with Crippen LogP contribution in [0.4, 0.5) is 17.3 Å². The minimum atomic E-state index is -0.281. The first-order valence-electron chi connectivity index (χ1n) is 11.4. The van der Waals surface area contributed by atoms with Crippen LogP contribution in [0.3, 0.4) is 0 Å². The molecule has 0 radical (unpaired) electrons. The molecule has 1 aliphatic heterocycles. The third-order valence-corrected chi connectivity index (χ3v) is 6.08. The summed E-state index contributed by atoms with van der Waals surface area (Å²) in [5, 5.41) is 23.8. The van der Waals surface area contributed by atoms with E-state index < -0.39 is 0 Å². The highest BCUT2D eigenvalue weighted by Gasteiger charge is 2.18. The monoisotopic (exact) mass is 456 g/mol. The van der Waals surface area contributed by atoms with Gasteiger partial charge in [-0.2, -0.15) is 5.26 Å². The second-order valence-electron chi connectivity index (χ2n) is 8.43. The van der Waals surface area contributed by atoms with Crippen LogP contribution in [-0.2, 0) is 0 Å². The number of rotatable bonds is 7. The Morgan fingerprint density at radius 2 is 1.85 bits per heavy atom. The van der Waals surface area contributed by atoms with Gasteiger partial charge in [0.15, 0.2) is 0 Å². The number of aromatic nitrogens is 2. The topological polar surface area (TPSA) is 114 Å². The Labute approximate surface area is 199 Å². The van der Waals surface area contributed by atoms with Crippen molar-refractivity contribution in [2.75, 3.05) is 36.5 Å². The summed E-state index contributed by atoms with van der Waals surface area (Å²) >= 11 is 0. The minimum Gasteiger partial charge on any atom is -0.396 e. The van der Waals surface area contributed by atoms with Crippen LogP contribution in [0.5, 0.6) is 0 Å². The first-order valence-corrected chi connectivity index (χ1v) is 11.4. The van der Waals surface area contributed by atoms with E-state index in [-0.39, 0.29) is 19.1 Å². The van der Waals surface area contributed by atoms with Crippen molar-refractivity contribution in [2.24, 2.45) is 5.92 Å². The number of hydrogen-bond donors (Lipinski definition) is 3. The first-order chi connectivity index (χ1) is 16.6. The fourth-order valence-corrected chi connectivity index (χ4v) is 4.05. The summed E-state index contributed by atoms with van der Waals surface area (Å²) in [4.78, 5) is 23.5. The van der Waals surface area contributed by atoms with Crippen LogP contribution in [0.25, 0.3) is 11.3 Å². The van der Waals surface area contributed by atoms with E-state index in [9.17, 15) is 9.90 Å². The van der Waals surface area contributed by atoms with Crippen molar-refractivity contribution < 1.29 is 9.90 Å². The van der Waals surface area contributed by atoms with Crippen molar-refractivity contribution in [3.8, 4) is 17.3 Å². The Hall–Kier alpha value is -3.96. The van der Waals surface area contributed by atoms with Gasteiger partial charge in [0.2, 0.25) is 5.95 Å². The molecule has 0 aliphatic carbocycles. The lowest BCUT2D eigenvalue weighted by atomic mass is 9.97. The van der Waals surface area contributed by atoms with E-state index in [0.717, 1.165) is 48.4 Å². The van der Waals surface area contributed by atoms with Gasteiger partial charge >= 0.3 is 0 Å². The molecule has 1 saturated heterocycles. The molecule has 0 saturated carbocycles. The van der Waals surface area contributed by atoms with E-state index in [2.05, 4.69) is 32.7 Å². The SMILES string of the molecule is Cc1cnc(Nc2ccc(N3CCC(CO)CC3)cc2)nc1-c1ccc(C(=O)NCC#N)cc1. The molecule has 8 heteroatoms. The van der Waals surface area contributed by atoms with Crippen LogP contribution in [0.15, 0.2) is 54.7 Å². The van der Waals surface area contributed by atoms with Crippen LogP contribution in [0, 0.1) is 24.2 Å². The van der Waals surface area contributed by atoms with Crippen LogP contribution in [-0.4, -0.2) is 47.2 Å². The highest BCUT2D eigenvalue weighted by Crippen LogP contribution is 2.26. The second-order valence-corrected chi connectivity index (χ2v) is 8.43. The Bertz CT molecular complexity index is 1160. The van der Waals surface area contributed by atoms with Crippen molar-refractivity contribution in [2.45, 2.75) is 19.8 Å². The summed E-state index contributed by atoms with van der Waals surface area (Å²) in [5.74, 6) is 0.631. The molecule has 0 spiro atoms. The minimum absolute atomic E-state index is 0.0240. The average molecular weight is 457 g/mol. The van der Waals surface area contributed by atoms with Gasteiger partial charge in [0, 0.05) is 48.4 Å². The molecule has 1 aromatic heterocycles. The van der Waals surface area contributed by atoms with Gasteiger partial charge in [-0.1, -0.05) is 12.1 Å². The van der Waals surface area contributed by atoms with Crippen LogP contribution >= 0.6 is 0 Å². The number of aliphatic hydroxyl groups excluding tert-OH is 1. The van der Waals surface area contributed by atoms with E-state index >= 15 is 0 Å². The van der Waals surface area contributed by atoms with Crippen molar-refractivity contribution in [3.05, 3.63) is 65.9 Å². The van der Waals surface area contributed by atoms with E-state index in [0.29, 0.717) is 17.4 Å². The highest BCUT2D eigenvalue weighted by molar-refractivity contribution is 5.94. The van der Waals surface area contributed by atoms with Gasteiger partial charge in [0.1, 0.15) is 6.54 Å². The van der Waals surface area contributed by atoms with Gasteiger partial charge in [-0.25, -0.2) is 9.97 Å². The van der Waals surface area contributed by atoms with Crippen molar-refractivity contribution in [1.29, 1.82) is 5.26 Å². The molecule has 0 atom stereocenters. The summed E-state index contributed by atoms with van der Waals surface area (Å²) < 4.78 is 0. The van der Waals surface area contributed by atoms with Gasteiger partial charge in [0.25, 0.3) is 5.91 Å². The normalized spacial score (nSPS) is 13.9. The molecule has 3 aromatic rings. The molecule has 8 nitrogen and oxygen atoms in total. The highest BCUT2D eigenvalue weighted by atomic mass is 16.3. The van der Waals surface area contributed by atoms with Gasteiger partial charge < -0.3 is 20.6 Å². The Morgan fingerprint density at radius 1 is 1.15 bits per heavy atom. The first kappa shape index (κ1) is 23.2. The van der Waals surface area contributed by atoms with Crippen molar-refractivity contribution in [1.82, 2.24) is 15.3 Å². The number of carbonyl (C=O) groups is 1. The van der Waals surface area contributed by atoms with E-state index in [4.69, 9.17) is 10.2 Å². The maximum Gasteiger partial charge on any atom is 0.252 e. The van der Waals surface area contributed by atoms with Gasteiger partial charge in [0.05, 0.1) is 11.8 Å². The molecule has 0 unspecified atom stereocenters. The number of benzene rings is 2. The van der Waals surface area contributed by atoms with Crippen molar-refractivity contribution >= 4 is 23.2 Å². The summed E-state index contributed by atoms with van der Waals surface area (Å²) in [6, 6.07) is 17.2. The van der Waals surface area contributed by atoms with Crippen LogP contribution in [0.1, 0.15) is 28.8 Å². The number of aryl methyl sites for hydroxylation is 1. The second kappa shape index (κ2) is 10.8. The Morgan fingerprint density at radius 3 is 2.50 bits per heavy atom. The third kappa shape index (κ3) is 5.50. The molecule has 2 aromatic carbocycles. The molecule has 2 heterocycles. The Balaban J connectivity index is 1.44. The van der Waals surface area contributed by atoms with Crippen LogP contribution in [0.2, 0.25) is 0 Å². The van der Waals surface area contributed by atoms with Gasteiger partial charge in [-0.3, -0.25) is 4.79 Å². The van der Waals surface area contributed by atoms with E-state index in [1.54, 1.807) is 18.3 Å². The van der Waals surface area contributed by atoms with E-state index in [1.807, 2.05) is 37.3 Å². The number of nitriles is 1. The number of carbonyl (C=O) groups excluding carboxylic acids is 1. The van der Waals surface area contributed by atoms with Gasteiger partial charge in [-0.15, -0.1) is 0 Å². The lowest BCUT2D eigenvalue weighted by molar-refractivity contribution is 0.0958. The van der Waals surface area contributed by atoms with Crippen LogP contribution < -0.4 is 15.5 Å². The van der Waals surface area contributed by atoms with E-state index in [1.165, 1.54) is 5.69 Å². The third-order valence-electron chi connectivity index (χ3n) is 6.08. The zero-order valence-corrected chi connectivity index (χ0v) is 19.2. The average Bonchev–Trinajstić information content (AvgIpc) is 2.89. The number of aliphatic hydroxyl groups is 1. The summed E-state index contributed by atoms with van der Waals surface area (Å²) in [6.45, 7) is 4.12. The lowest BCUT2D eigenvalue weighted by Crippen LogP contribution is -2.34. The molecule has 1 fully saturated rings. The molecule has 1 amide bonds. The number of anilines is 3. The number of hydrogen-bond acceptors (Lipinski definition) is 7. The zero-order valence-electron chi connectivity index (χ0n) is 19.2. The number of nitrogens with one attached hydrogen (secondary N) is 2. The predicted octanol–water partition coefficient (Wildman–Crippen LogP) is 3.66. The fraction of sp³-hybridized carbons (Fsp3) is 0.308. The maximum absolute atomic E-state index is 12.0. The molecule has 4 rings (SSSR count). The smallest absolute Gasteiger partial charge is 0.252 e. The number of piperidine rings is 1. The van der Waals surface area contributed by atoms with Gasteiger partial charge in [-0.05, 0) is 67.6 Å². The zero-order chi connectivity index (χ0) is 23.9. The maximum atomic E-state index is 12.0. The predicted molar refractivity (Wildman–Crippen MR) is 132 cm³/mol. The number of nitrogens with zero attached hydrogens (tertiary/aromatic N) is 4. The molecule has 0 bridgehead atoms. The van der Waals surface area contributed by atoms with Crippen molar-refractivity contribution in [3.63, 3.8) is 0 Å². The fourth-order valence-electron chi connectivity index (χ4n) is 4.05. The largest absolute Gasteiger partial charge is 0.396 e.